The molecule has 0 aromatic heterocycles. The van der Waals surface area contributed by atoms with Crippen LogP contribution >= 0.6 is 0 Å². The fraction of sp³-hybridized carbons (Fsp3) is 0.500. The average molecular weight is 265 g/mol. The third-order valence-electron chi connectivity index (χ3n) is 5.16. The zero-order valence-corrected chi connectivity index (χ0v) is 13.3. The van der Waals surface area contributed by atoms with E-state index in [1.807, 2.05) is 0 Å². The summed E-state index contributed by atoms with van der Waals surface area (Å²) in [5, 5.41) is 0. The van der Waals surface area contributed by atoms with Crippen molar-refractivity contribution in [2.75, 3.05) is 0 Å². The average Bonchev–Trinajstić information content (AvgIpc) is 2.93. The van der Waals surface area contributed by atoms with Crippen LogP contribution in [-0.2, 0) is 0 Å². The molecule has 1 radical (unpaired) electrons. The van der Waals surface area contributed by atoms with E-state index in [-0.39, 0.29) is 0 Å². The van der Waals surface area contributed by atoms with Crippen LogP contribution in [0.25, 0.3) is 0 Å². The molecule has 0 aromatic carbocycles. The van der Waals surface area contributed by atoms with Gasteiger partial charge in [-0.05, 0) is 86.0 Å². The summed E-state index contributed by atoms with van der Waals surface area (Å²) in [6.45, 7) is 9.10. The minimum Gasteiger partial charge on any atom is -0.0770 e. The molecule has 0 heteroatoms. The van der Waals surface area contributed by atoms with E-state index in [0.717, 1.165) is 0 Å². The lowest BCUT2D eigenvalue weighted by atomic mass is 9.89. The van der Waals surface area contributed by atoms with Gasteiger partial charge >= 0.3 is 0 Å². The van der Waals surface area contributed by atoms with E-state index >= 15 is 0 Å². The second-order valence-electron chi connectivity index (χ2n) is 6.53. The van der Waals surface area contributed by atoms with Crippen molar-refractivity contribution in [1.29, 1.82) is 0 Å². The number of allylic oxidation sites excluding steroid dienone is 10. The fourth-order valence-electron chi connectivity index (χ4n) is 3.80. The van der Waals surface area contributed by atoms with Crippen LogP contribution in [0, 0.1) is 12.0 Å². The molecular weight excluding hydrogens is 240 g/mol. The summed E-state index contributed by atoms with van der Waals surface area (Å²) >= 11 is 0. The summed E-state index contributed by atoms with van der Waals surface area (Å²) in [6.07, 6.45) is 15.1. The summed E-state index contributed by atoms with van der Waals surface area (Å²) in [5.74, 6) is 0.538. The Labute approximate surface area is 123 Å². The lowest BCUT2D eigenvalue weighted by molar-refractivity contribution is 0.595. The van der Waals surface area contributed by atoms with Gasteiger partial charge in [0.05, 0.1) is 0 Å². The van der Waals surface area contributed by atoms with Gasteiger partial charge in [-0.25, -0.2) is 0 Å². The second kappa shape index (κ2) is 5.24. The first-order valence-electron chi connectivity index (χ1n) is 8.03. The maximum atomic E-state index is 3.79. The topological polar surface area (TPSA) is 0 Å². The highest BCUT2D eigenvalue weighted by Crippen LogP contribution is 2.43. The van der Waals surface area contributed by atoms with Crippen LogP contribution in [-0.4, -0.2) is 0 Å². The Morgan fingerprint density at radius 2 is 1.70 bits per heavy atom. The third kappa shape index (κ3) is 2.16. The molecule has 0 bridgehead atoms. The molecule has 0 aliphatic heterocycles. The monoisotopic (exact) mass is 265 g/mol. The van der Waals surface area contributed by atoms with Crippen LogP contribution in [0.4, 0.5) is 0 Å². The Morgan fingerprint density at radius 3 is 2.30 bits per heavy atom. The Morgan fingerprint density at radius 1 is 1.00 bits per heavy atom. The van der Waals surface area contributed by atoms with E-state index in [9.17, 15) is 0 Å². The second-order valence-corrected chi connectivity index (χ2v) is 6.53. The summed E-state index contributed by atoms with van der Waals surface area (Å²) in [6, 6.07) is 0. The Bertz CT molecular complexity index is 580. The molecule has 0 N–H and O–H groups in total. The molecule has 1 fully saturated rings. The first-order chi connectivity index (χ1) is 9.59. The summed E-state index contributed by atoms with van der Waals surface area (Å²) in [7, 11) is 0. The van der Waals surface area contributed by atoms with Crippen molar-refractivity contribution in [3.05, 3.63) is 57.2 Å². The van der Waals surface area contributed by atoms with Crippen molar-refractivity contribution >= 4 is 0 Å². The minimum atomic E-state index is 0.538. The summed E-state index contributed by atoms with van der Waals surface area (Å²) in [4.78, 5) is 0. The zero-order valence-electron chi connectivity index (χ0n) is 13.3. The van der Waals surface area contributed by atoms with Crippen molar-refractivity contribution < 1.29 is 0 Å². The number of hydrogen-bond donors (Lipinski definition) is 0. The van der Waals surface area contributed by atoms with Crippen LogP contribution in [0.3, 0.4) is 0 Å². The van der Waals surface area contributed by atoms with Gasteiger partial charge in [0.2, 0.25) is 0 Å². The predicted molar refractivity (Wildman–Crippen MR) is 86.2 cm³/mol. The molecule has 1 unspecified atom stereocenters. The molecule has 0 saturated heterocycles. The van der Waals surface area contributed by atoms with Crippen molar-refractivity contribution in [3.63, 3.8) is 0 Å². The minimum absolute atomic E-state index is 0.538. The van der Waals surface area contributed by atoms with E-state index in [1.54, 1.807) is 5.57 Å². The van der Waals surface area contributed by atoms with Gasteiger partial charge in [-0.1, -0.05) is 31.1 Å². The quantitative estimate of drug-likeness (QED) is 0.558. The van der Waals surface area contributed by atoms with Gasteiger partial charge in [0.25, 0.3) is 0 Å². The van der Waals surface area contributed by atoms with Crippen molar-refractivity contribution in [2.24, 2.45) is 5.92 Å². The van der Waals surface area contributed by atoms with Crippen LogP contribution in [0.15, 0.2) is 51.2 Å². The maximum Gasteiger partial charge on any atom is 0.000167 e. The van der Waals surface area contributed by atoms with Gasteiger partial charge in [-0.3, -0.25) is 0 Å². The van der Waals surface area contributed by atoms with E-state index in [2.05, 4.69) is 45.9 Å². The molecule has 3 rings (SSSR count). The fourth-order valence-corrected chi connectivity index (χ4v) is 3.80. The molecule has 0 amide bonds. The Hall–Kier alpha value is -1.30. The van der Waals surface area contributed by atoms with Gasteiger partial charge < -0.3 is 0 Å². The lowest BCUT2D eigenvalue weighted by Gasteiger charge is -2.16. The highest BCUT2D eigenvalue weighted by Gasteiger charge is 2.26. The van der Waals surface area contributed by atoms with E-state index in [4.69, 9.17) is 0 Å². The molecule has 1 atom stereocenters. The van der Waals surface area contributed by atoms with Crippen molar-refractivity contribution in [2.45, 2.75) is 59.8 Å². The molecule has 3 aliphatic rings. The normalized spacial score (nSPS) is 27.0. The molecule has 0 heterocycles. The molecular formula is C20H25. The van der Waals surface area contributed by atoms with Crippen LogP contribution in [0.2, 0.25) is 0 Å². The van der Waals surface area contributed by atoms with E-state index < -0.39 is 0 Å². The molecule has 0 nitrogen and oxygen atoms in total. The molecule has 105 valence electrons. The van der Waals surface area contributed by atoms with Gasteiger partial charge in [0.15, 0.2) is 0 Å². The highest BCUT2D eigenvalue weighted by molar-refractivity contribution is 5.65. The third-order valence-corrected chi connectivity index (χ3v) is 5.16. The highest BCUT2D eigenvalue weighted by atomic mass is 14.3. The summed E-state index contributed by atoms with van der Waals surface area (Å²) in [5.41, 5.74) is 10.3. The molecule has 0 aromatic rings. The Balaban J connectivity index is 2.04. The molecule has 0 spiro atoms. The molecule has 1 saturated carbocycles. The van der Waals surface area contributed by atoms with Crippen LogP contribution in [0.1, 0.15) is 59.8 Å². The standard InChI is InChI=1S/C20H25/c1-13-10-11-14(2)20(13)19-12-18(15(3)16(19)4)17-8-6-5-7-9-17/h10-11,13H,5-9H2,1-4H3. The van der Waals surface area contributed by atoms with Crippen molar-refractivity contribution in [1.82, 2.24) is 0 Å². The van der Waals surface area contributed by atoms with Crippen LogP contribution in [0.5, 0.6) is 0 Å². The lowest BCUT2D eigenvalue weighted by Crippen LogP contribution is -1.98. The SMILES string of the molecule is CC1=C(C2=[C]C(=C3CCCCC3)C(C)=C2C)C(C)C=C1. The number of hydrogen-bond acceptors (Lipinski definition) is 0. The van der Waals surface area contributed by atoms with Gasteiger partial charge in [0.1, 0.15) is 0 Å². The summed E-state index contributed by atoms with van der Waals surface area (Å²) < 4.78 is 0. The van der Waals surface area contributed by atoms with Gasteiger partial charge in [-0.15, -0.1) is 0 Å². The predicted octanol–water partition coefficient (Wildman–Crippen LogP) is 5.85. The van der Waals surface area contributed by atoms with E-state index in [0.29, 0.717) is 5.92 Å². The Kier molecular flexibility index (Phi) is 3.58. The van der Waals surface area contributed by atoms with Gasteiger partial charge in [0, 0.05) is 5.92 Å². The largest absolute Gasteiger partial charge is 0.0770 e. The molecule has 3 aliphatic carbocycles. The van der Waals surface area contributed by atoms with Gasteiger partial charge in [-0.2, -0.15) is 0 Å². The van der Waals surface area contributed by atoms with E-state index in [1.165, 1.54) is 65.5 Å². The molecule has 20 heavy (non-hydrogen) atoms. The maximum absolute atomic E-state index is 3.79. The first-order valence-corrected chi connectivity index (χ1v) is 8.03. The number of rotatable bonds is 1. The van der Waals surface area contributed by atoms with Crippen molar-refractivity contribution in [3.8, 4) is 0 Å². The van der Waals surface area contributed by atoms with Crippen LogP contribution < -0.4 is 0 Å². The first kappa shape index (κ1) is 13.7. The zero-order chi connectivity index (χ0) is 14.3. The smallest absolute Gasteiger partial charge is 0.000167 e.